The molecule has 0 bridgehead atoms. The zero-order chi connectivity index (χ0) is 24.5. The van der Waals surface area contributed by atoms with E-state index in [2.05, 4.69) is 19.1 Å². The van der Waals surface area contributed by atoms with Gasteiger partial charge in [0.05, 0.1) is 22.5 Å². The summed E-state index contributed by atoms with van der Waals surface area (Å²) < 4.78 is 34.3. The Hall–Kier alpha value is -0.290. The van der Waals surface area contributed by atoms with Crippen molar-refractivity contribution in [2.75, 3.05) is 38.5 Å². The molecule has 34 heavy (non-hydrogen) atoms. The molecule has 10 heteroatoms. The Morgan fingerprint density at radius 2 is 1.68 bits per heavy atom. The van der Waals surface area contributed by atoms with Gasteiger partial charge in [-0.1, -0.05) is 64.0 Å². The van der Waals surface area contributed by atoms with Crippen LogP contribution in [0.1, 0.15) is 84.0 Å². The maximum atomic E-state index is 12.8. The molecule has 0 aromatic heterocycles. The van der Waals surface area contributed by atoms with Crippen LogP contribution in [0.25, 0.3) is 0 Å². The number of ketones is 1. The van der Waals surface area contributed by atoms with Gasteiger partial charge in [-0.3, -0.25) is 14.3 Å². The second kappa shape index (κ2) is 19.8. The molecule has 0 aliphatic carbocycles. The van der Waals surface area contributed by atoms with Crippen molar-refractivity contribution in [2.45, 2.75) is 90.1 Å². The number of carbonyl (C=O) groups is 1. The van der Waals surface area contributed by atoms with E-state index in [1.807, 2.05) is 0 Å². The number of aliphatic hydroxyl groups excluding tert-OH is 2. The summed E-state index contributed by atoms with van der Waals surface area (Å²) in [5.74, 6) is -0.519. The maximum absolute atomic E-state index is 12.8. The van der Waals surface area contributed by atoms with Crippen LogP contribution in [0.5, 0.6) is 0 Å². The predicted octanol–water partition coefficient (Wildman–Crippen LogP) is -0.558. The molecular weight excluding hydrogens is 467 g/mol. The van der Waals surface area contributed by atoms with Crippen molar-refractivity contribution in [2.24, 2.45) is 0 Å². The van der Waals surface area contributed by atoms with E-state index in [1.165, 1.54) is 51.4 Å². The van der Waals surface area contributed by atoms with Gasteiger partial charge in [0.15, 0.2) is 0 Å². The average Bonchev–Trinajstić information content (AvgIpc) is 3.12. The molecule has 192 valence electrons. The summed E-state index contributed by atoms with van der Waals surface area (Å²) in [6.45, 7) is 3.28. The maximum Gasteiger partial charge on any atom is 1.00 e. The summed E-state index contributed by atoms with van der Waals surface area (Å²) in [6.07, 6.45) is 16.2. The second-order valence-electron chi connectivity index (χ2n) is 8.91. The third-order valence-corrected chi connectivity index (χ3v) is 6.63. The monoisotopic (exact) mass is 511 g/mol. The first-order chi connectivity index (χ1) is 15.8. The fourth-order valence-corrected chi connectivity index (χ4v) is 4.76. The Morgan fingerprint density at radius 3 is 2.26 bits per heavy atom. The van der Waals surface area contributed by atoms with Gasteiger partial charge in [0.25, 0.3) is 0 Å². The summed E-state index contributed by atoms with van der Waals surface area (Å²) in [4.78, 5) is 14.6. The van der Waals surface area contributed by atoms with E-state index in [9.17, 15) is 28.0 Å². The van der Waals surface area contributed by atoms with Crippen LogP contribution < -0.4 is 29.6 Å². The van der Waals surface area contributed by atoms with Gasteiger partial charge in [0.2, 0.25) is 5.78 Å². The number of amidine groups is 1. The Morgan fingerprint density at radius 1 is 1.09 bits per heavy atom. The van der Waals surface area contributed by atoms with Crippen LogP contribution in [0, 0.1) is 0 Å². The molecule has 1 aliphatic heterocycles. The van der Waals surface area contributed by atoms with E-state index in [1.54, 1.807) is 9.48 Å². The standard InChI is InChI=1S/C24H44N2O6S.Na/c1-2-3-4-5-6-7-8-9-10-11-12-13-14-15-23(29)24-25(18-19-27)16-17-26(24)20-22(28)21-33(30,31)32;/h4-5,22,27-28H,2-3,6-21H2,1H3;/q;+1/b5-4+;. The normalized spacial score (nSPS) is 15.2. The largest absolute Gasteiger partial charge is 1.00 e. The van der Waals surface area contributed by atoms with Crippen LogP contribution in [0.3, 0.4) is 0 Å². The molecule has 1 rings (SSSR count). The number of carbonyl (C=O) groups excluding carboxylic acids is 1. The summed E-state index contributed by atoms with van der Waals surface area (Å²) >= 11 is 0. The molecule has 0 amide bonds. The number of hydrogen-bond donors (Lipinski definition) is 2. The summed E-state index contributed by atoms with van der Waals surface area (Å²) in [5.41, 5.74) is 0. The minimum atomic E-state index is -4.54. The third-order valence-electron chi connectivity index (χ3n) is 5.83. The fourth-order valence-electron chi connectivity index (χ4n) is 4.19. The smallest absolute Gasteiger partial charge is 0.748 e. The Bertz CT molecular complexity index is 727. The molecule has 1 unspecified atom stereocenters. The van der Waals surface area contributed by atoms with Crippen molar-refractivity contribution in [3.63, 3.8) is 0 Å². The van der Waals surface area contributed by atoms with Crippen LogP contribution >= 0.6 is 0 Å². The van der Waals surface area contributed by atoms with Crippen LogP contribution in [0.2, 0.25) is 0 Å². The van der Waals surface area contributed by atoms with Crippen molar-refractivity contribution in [1.82, 2.24) is 4.90 Å². The molecule has 1 atom stereocenters. The van der Waals surface area contributed by atoms with E-state index in [0.717, 1.165) is 19.3 Å². The average molecular weight is 512 g/mol. The Balaban J connectivity index is 0.0000109. The molecule has 2 N–H and O–H groups in total. The van der Waals surface area contributed by atoms with E-state index < -0.39 is 22.0 Å². The number of hydrogen-bond acceptors (Lipinski definition) is 7. The van der Waals surface area contributed by atoms with Crippen molar-refractivity contribution >= 4 is 21.7 Å². The third kappa shape index (κ3) is 15.7. The summed E-state index contributed by atoms with van der Waals surface area (Å²) in [5, 5.41) is 19.2. The van der Waals surface area contributed by atoms with Gasteiger partial charge in [-0.2, -0.15) is 0 Å². The molecule has 0 saturated heterocycles. The van der Waals surface area contributed by atoms with Gasteiger partial charge >= 0.3 is 35.4 Å². The Kier molecular flexibility index (Phi) is 19.7. The van der Waals surface area contributed by atoms with Crippen LogP contribution in [0.15, 0.2) is 12.2 Å². The van der Waals surface area contributed by atoms with Crippen molar-refractivity contribution < 1.29 is 62.1 Å². The van der Waals surface area contributed by atoms with Crippen LogP contribution in [-0.2, 0) is 14.9 Å². The molecule has 0 saturated carbocycles. The minimum Gasteiger partial charge on any atom is -0.748 e. The minimum absolute atomic E-state index is 0. The number of aliphatic hydroxyl groups is 2. The van der Waals surface area contributed by atoms with Gasteiger partial charge in [0.1, 0.15) is 32.3 Å². The van der Waals surface area contributed by atoms with Gasteiger partial charge in [-0.05, 0) is 25.7 Å². The van der Waals surface area contributed by atoms with Crippen molar-refractivity contribution in [3.8, 4) is 0 Å². The first-order valence-electron chi connectivity index (χ1n) is 12.6. The van der Waals surface area contributed by atoms with Crippen molar-refractivity contribution in [1.29, 1.82) is 0 Å². The molecule has 0 aromatic rings. The van der Waals surface area contributed by atoms with Gasteiger partial charge in [-0.25, -0.2) is 8.42 Å². The number of allylic oxidation sites excluding steroid dienone is 2. The van der Waals surface area contributed by atoms with Crippen molar-refractivity contribution in [3.05, 3.63) is 12.2 Å². The van der Waals surface area contributed by atoms with Gasteiger partial charge in [0, 0.05) is 6.42 Å². The van der Waals surface area contributed by atoms with E-state index in [0.29, 0.717) is 31.9 Å². The SMILES string of the molecule is CCC/C=C/CCCCCCCCCCC(=O)C1=[N+](CC(O)CS(=O)(=O)[O-])CCN1CCO.[Na+]. The van der Waals surface area contributed by atoms with Crippen LogP contribution in [-0.4, -0.2) is 88.9 Å². The van der Waals surface area contributed by atoms with Crippen LogP contribution in [0.4, 0.5) is 0 Å². The number of nitrogens with zero attached hydrogens (tertiary/aromatic N) is 2. The quantitative estimate of drug-likeness (QED) is 0.0739. The first-order valence-corrected chi connectivity index (χ1v) is 14.1. The second-order valence-corrected chi connectivity index (χ2v) is 10.4. The summed E-state index contributed by atoms with van der Waals surface area (Å²) in [7, 11) is -4.54. The zero-order valence-corrected chi connectivity index (χ0v) is 24.1. The molecular formula is C24H44N2NaO6S+. The fraction of sp³-hybridized carbons (Fsp3) is 0.833. The molecule has 0 fully saturated rings. The number of unbranched alkanes of at least 4 members (excludes halogenated alkanes) is 9. The molecule has 0 radical (unpaired) electrons. The molecule has 0 spiro atoms. The van der Waals surface area contributed by atoms with E-state index >= 15 is 0 Å². The topological polar surface area (TPSA) is 121 Å². The number of β-amino-alcohol motifs (C(OH)–C–C–N with tert-alkyl or cyclic N) is 2. The van der Waals surface area contributed by atoms with Gasteiger partial charge < -0.3 is 14.8 Å². The predicted molar refractivity (Wildman–Crippen MR) is 129 cm³/mol. The zero-order valence-electron chi connectivity index (χ0n) is 21.3. The molecule has 1 aliphatic rings. The molecule has 8 nitrogen and oxygen atoms in total. The molecule has 1 heterocycles. The van der Waals surface area contributed by atoms with Gasteiger partial charge in [-0.15, -0.1) is 0 Å². The molecule has 0 aromatic carbocycles. The number of rotatable bonds is 20. The summed E-state index contributed by atoms with van der Waals surface area (Å²) in [6, 6.07) is 0. The Labute approximate surface area is 228 Å². The van der Waals surface area contributed by atoms with E-state index in [4.69, 9.17) is 0 Å². The van der Waals surface area contributed by atoms with E-state index in [-0.39, 0.29) is 48.5 Å². The first kappa shape index (κ1) is 33.7. The number of Topliss-reactive ketones (excluding diaryl/α,β-unsaturated/α-hetero) is 1.